The molecule has 2 aliphatic heterocycles. The number of H-pyrrole nitrogens is 2. The molecule has 0 atom stereocenters. The third kappa shape index (κ3) is 7.87. The van der Waals surface area contributed by atoms with E-state index in [1.54, 1.807) is 0 Å². The second kappa shape index (κ2) is 15.3. The molecule has 0 amide bonds. The van der Waals surface area contributed by atoms with Crippen molar-refractivity contribution in [3.63, 3.8) is 0 Å². The molecule has 2 N–H and O–H groups in total. The average Bonchev–Trinajstić information content (AvgIpc) is 3.99. The molecule has 2 aromatic carbocycles. The van der Waals surface area contributed by atoms with Gasteiger partial charge in [0.15, 0.2) is 0 Å². The number of carbonyl (C=O) groups excluding carboxylic acids is 2. The monoisotopic (exact) mass is 746 g/mol. The van der Waals surface area contributed by atoms with Crippen LogP contribution in [0.25, 0.3) is 68.6 Å². The summed E-state index contributed by atoms with van der Waals surface area (Å²) in [4.78, 5) is 44.1. The molecule has 286 valence electrons. The van der Waals surface area contributed by atoms with Gasteiger partial charge >= 0.3 is 11.9 Å². The van der Waals surface area contributed by atoms with Crippen LogP contribution in [0.4, 0.5) is 0 Å². The SMILES string of the molecule is CCOC(=O)Cc1c2nc(c(-c3ccc(C(C)(C)C)cc3)c3nc(c(CC(=O)OCC)c4ccc([nH]4)c(-c4ccc(C(C)(C)C)cc4)c4ccc1[nH]4)C=C3)C=C2. The lowest BCUT2D eigenvalue weighted by atomic mass is 9.86. The number of aromatic amines is 2. The number of esters is 2. The molecule has 0 spiro atoms. The lowest BCUT2D eigenvalue weighted by molar-refractivity contribution is -0.143. The Morgan fingerprint density at radius 2 is 0.857 bits per heavy atom. The zero-order valence-electron chi connectivity index (χ0n) is 33.6. The molecular weight excluding hydrogens is 697 g/mol. The van der Waals surface area contributed by atoms with Gasteiger partial charge in [-0.3, -0.25) is 9.59 Å². The number of carbonyl (C=O) groups is 2. The highest BCUT2D eigenvalue weighted by atomic mass is 16.5. The Kier molecular flexibility index (Phi) is 10.4. The first-order valence-corrected chi connectivity index (χ1v) is 19.4. The van der Waals surface area contributed by atoms with Gasteiger partial charge in [0.2, 0.25) is 0 Å². The van der Waals surface area contributed by atoms with E-state index in [1.807, 2.05) is 62.4 Å². The number of nitrogens with zero attached hydrogens (tertiary/aromatic N) is 2. The number of hydrogen-bond donors (Lipinski definition) is 2. The van der Waals surface area contributed by atoms with E-state index >= 15 is 0 Å². The minimum Gasteiger partial charge on any atom is -0.466 e. The summed E-state index contributed by atoms with van der Waals surface area (Å²) in [7, 11) is 0. The van der Waals surface area contributed by atoms with Crippen LogP contribution >= 0.6 is 0 Å². The van der Waals surface area contributed by atoms with E-state index in [2.05, 4.69) is 100 Å². The van der Waals surface area contributed by atoms with Crippen LogP contribution in [0.3, 0.4) is 0 Å². The van der Waals surface area contributed by atoms with E-state index in [0.717, 1.165) is 55.4 Å². The summed E-state index contributed by atoms with van der Waals surface area (Å²) in [6.45, 7) is 17.4. The zero-order valence-corrected chi connectivity index (χ0v) is 33.6. The van der Waals surface area contributed by atoms with Gasteiger partial charge < -0.3 is 19.4 Å². The van der Waals surface area contributed by atoms with E-state index in [4.69, 9.17) is 19.4 Å². The fraction of sp³-hybridized carbons (Fsp3) is 0.292. The summed E-state index contributed by atoms with van der Waals surface area (Å²) in [5, 5.41) is 0. The van der Waals surface area contributed by atoms with E-state index in [-0.39, 0.29) is 48.8 Å². The molecule has 0 saturated heterocycles. The molecule has 5 heterocycles. The smallest absolute Gasteiger partial charge is 0.310 e. The Bertz CT molecular complexity index is 2420. The third-order valence-corrected chi connectivity index (χ3v) is 10.3. The largest absolute Gasteiger partial charge is 0.466 e. The summed E-state index contributed by atoms with van der Waals surface area (Å²) >= 11 is 0. The van der Waals surface area contributed by atoms with Crippen molar-refractivity contribution in [2.24, 2.45) is 0 Å². The summed E-state index contributed by atoms with van der Waals surface area (Å²) in [5.41, 5.74) is 13.6. The maximum absolute atomic E-state index is 13.2. The maximum atomic E-state index is 13.2. The molecule has 0 unspecified atom stereocenters. The normalized spacial score (nSPS) is 12.6. The first kappa shape index (κ1) is 38.3. The minimum atomic E-state index is -0.331. The summed E-state index contributed by atoms with van der Waals surface area (Å²) < 4.78 is 10.9. The topological polar surface area (TPSA) is 110 Å². The standard InChI is InChI=1S/C48H50N4O4/c1-9-55-43(53)27-33-35-19-23-39(49-35)45(29-11-15-31(16-12-29)47(3,4)5)41-25-21-37(51-41)34(28-44(54)56-10-2)38-22-26-42(52-38)46(40-24-20-36(33)50-40)30-13-17-32(18-14-30)48(6,7)8/h11-26,49,51H,9-10,27-28H2,1-8H3. The van der Waals surface area contributed by atoms with Gasteiger partial charge in [0.1, 0.15) is 0 Å². The van der Waals surface area contributed by atoms with Crippen LogP contribution in [0, 0.1) is 0 Å². The predicted molar refractivity (Wildman–Crippen MR) is 228 cm³/mol. The van der Waals surface area contributed by atoms with E-state index in [9.17, 15) is 9.59 Å². The Morgan fingerprint density at radius 3 is 1.23 bits per heavy atom. The fourth-order valence-corrected chi connectivity index (χ4v) is 7.29. The molecule has 7 rings (SSSR count). The van der Waals surface area contributed by atoms with Crippen molar-refractivity contribution in [3.05, 3.63) is 118 Å². The van der Waals surface area contributed by atoms with Crippen molar-refractivity contribution in [1.82, 2.24) is 19.9 Å². The molecule has 0 aliphatic carbocycles. The molecule has 2 aliphatic rings. The van der Waals surface area contributed by atoms with Crippen LogP contribution in [-0.4, -0.2) is 45.1 Å². The average molecular weight is 747 g/mol. The van der Waals surface area contributed by atoms with Gasteiger partial charge in [0, 0.05) is 44.3 Å². The van der Waals surface area contributed by atoms with Crippen molar-refractivity contribution in [1.29, 1.82) is 0 Å². The van der Waals surface area contributed by atoms with Gasteiger partial charge in [-0.1, -0.05) is 90.1 Å². The van der Waals surface area contributed by atoms with Crippen LogP contribution < -0.4 is 0 Å². The third-order valence-electron chi connectivity index (χ3n) is 10.3. The number of ether oxygens (including phenoxy) is 2. The van der Waals surface area contributed by atoms with Gasteiger partial charge in [-0.15, -0.1) is 0 Å². The summed E-state index contributed by atoms with van der Waals surface area (Å²) in [6.07, 6.45) is 7.96. The molecule has 0 fully saturated rings. The molecule has 56 heavy (non-hydrogen) atoms. The molecule has 8 nitrogen and oxygen atoms in total. The van der Waals surface area contributed by atoms with Crippen molar-refractivity contribution < 1.29 is 19.1 Å². The number of hydrogen-bond acceptors (Lipinski definition) is 6. The number of benzene rings is 2. The summed E-state index contributed by atoms with van der Waals surface area (Å²) in [6, 6.07) is 25.2. The Labute approximate surface area is 328 Å². The number of aromatic nitrogens is 4. The second-order valence-corrected chi connectivity index (χ2v) is 16.3. The molecule has 0 saturated carbocycles. The van der Waals surface area contributed by atoms with Crippen molar-refractivity contribution >= 4 is 58.3 Å². The highest BCUT2D eigenvalue weighted by Crippen LogP contribution is 2.36. The molecule has 0 radical (unpaired) electrons. The molecule has 3 aromatic heterocycles. The maximum Gasteiger partial charge on any atom is 0.310 e. The molecule has 8 heteroatoms. The first-order chi connectivity index (χ1) is 26.7. The van der Waals surface area contributed by atoms with Gasteiger partial charge in [-0.25, -0.2) is 9.97 Å². The van der Waals surface area contributed by atoms with Crippen LogP contribution in [0.5, 0.6) is 0 Å². The lowest BCUT2D eigenvalue weighted by Crippen LogP contribution is -2.10. The van der Waals surface area contributed by atoms with Gasteiger partial charge in [-0.05, 0) is 95.5 Å². The Hall–Kier alpha value is -6.02. The molecule has 8 bridgehead atoms. The van der Waals surface area contributed by atoms with Gasteiger partial charge in [-0.2, -0.15) is 0 Å². The Balaban J connectivity index is 1.60. The predicted octanol–water partition coefficient (Wildman–Crippen LogP) is 10.8. The quantitative estimate of drug-likeness (QED) is 0.150. The van der Waals surface area contributed by atoms with Crippen LogP contribution in [-0.2, 0) is 42.7 Å². The zero-order chi connectivity index (χ0) is 39.8. The van der Waals surface area contributed by atoms with E-state index < -0.39 is 0 Å². The number of fused-ring (bicyclic) bond motifs is 8. The van der Waals surface area contributed by atoms with Gasteiger partial charge in [0.25, 0.3) is 0 Å². The van der Waals surface area contributed by atoms with Crippen LogP contribution in [0.15, 0.2) is 72.8 Å². The van der Waals surface area contributed by atoms with Crippen molar-refractivity contribution in [2.75, 3.05) is 13.2 Å². The Morgan fingerprint density at radius 1 is 0.500 bits per heavy atom. The van der Waals surface area contributed by atoms with Crippen LogP contribution in [0.1, 0.15) is 100 Å². The van der Waals surface area contributed by atoms with E-state index in [1.165, 1.54) is 11.1 Å². The first-order valence-electron chi connectivity index (χ1n) is 19.4. The highest BCUT2D eigenvalue weighted by Gasteiger charge is 2.22. The highest BCUT2D eigenvalue weighted by molar-refractivity contribution is 5.96. The van der Waals surface area contributed by atoms with Crippen molar-refractivity contribution in [2.45, 2.75) is 79.1 Å². The fourth-order valence-electron chi connectivity index (χ4n) is 7.29. The van der Waals surface area contributed by atoms with Gasteiger partial charge in [0.05, 0.1) is 48.8 Å². The summed E-state index contributed by atoms with van der Waals surface area (Å²) in [5.74, 6) is -0.662. The lowest BCUT2D eigenvalue weighted by Gasteiger charge is -2.19. The van der Waals surface area contributed by atoms with Crippen molar-refractivity contribution in [3.8, 4) is 22.3 Å². The molecule has 5 aromatic rings. The van der Waals surface area contributed by atoms with E-state index in [0.29, 0.717) is 22.8 Å². The molecular formula is C48H50N4O4. The number of rotatable bonds is 8. The minimum absolute atomic E-state index is 0.0131. The second-order valence-electron chi connectivity index (χ2n) is 16.3. The van der Waals surface area contributed by atoms with Crippen LogP contribution in [0.2, 0.25) is 0 Å². The number of nitrogens with one attached hydrogen (secondary N) is 2.